The van der Waals surface area contributed by atoms with Crippen molar-refractivity contribution >= 4 is 17.7 Å². The molecule has 0 amide bonds. The molecule has 3 nitrogen and oxygen atoms in total. The molecule has 0 saturated heterocycles. The van der Waals surface area contributed by atoms with Gasteiger partial charge >= 0.3 is 5.97 Å². The van der Waals surface area contributed by atoms with Gasteiger partial charge in [-0.15, -0.1) is 0 Å². The normalized spacial score (nSPS) is 11.8. The fraction of sp³-hybridized carbons (Fsp3) is 0.400. The van der Waals surface area contributed by atoms with Gasteiger partial charge in [-0.1, -0.05) is 20.8 Å². The lowest BCUT2D eigenvalue weighted by atomic mass is 9.96. The lowest BCUT2D eigenvalue weighted by Crippen LogP contribution is -2.29. The molecule has 0 fully saturated rings. The van der Waals surface area contributed by atoms with Gasteiger partial charge in [0.25, 0.3) is 0 Å². The molecule has 0 radical (unpaired) electrons. The van der Waals surface area contributed by atoms with Gasteiger partial charge in [0.05, 0.1) is 0 Å². The number of carboxylic acids is 1. The smallest absolute Gasteiger partial charge is 0.328 e. The second-order valence-electron chi connectivity index (χ2n) is 5.83. The van der Waals surface area contributed by atoms with Gasteiger partial charge in [-0.05, 0) is 35.3 Å². The lowest BCUT2D eigenvalue weighted by molar-refractivity contribution is -0.131. The van der Waals surface area contributed by atoms with E-state index in [1.54, 1.807) is 6.07 Å². The summed E-state index contributed by atoms with van der Waals surface area (Å²) in [6.07, 6.45) is 2.39. The number of benzene rings is 1. The van der Waals surface area contributed by atoms with Gasteiger partial charge in [0.15, 0.2) is 0 Å². The highest BCUT2D eigenvalue weighted by molar-refractivity contribution is 5.85. The van der Waals surface area contributed by atoms with Crippen molar-refractivity contribution in [1.29, 1.82) is 0 Å². The Morgan fingerprint density at radius 2 is 2.00 bits per heavy atom. The summed E-state index contributed by atoms with van der Waals surface area (Å²) in [4.78, 5) is 12.4. The molecule has 0 saturated carbocycles. The maximum absolute atomic E-state index is 13.5. The average Bonchev–Trinajstić information content (AvgIpc) is 2.23. The fourth-order valence-corrected chi connectivity index (χ4v) is 1.88. The number of anilines is 1. The highest BCUT2D eigenvalue weighted by Crippen LogP contribution is 2.23. The molecule has 104 valence electrons. The van der Waals surface area contributed by atoms with Crippen molar-refractivity contribution in [2.75, 3.05) is 18.5 Å². The molecule has 4 heteroatoms. The maximum atomic E-state index is 13.5. The average molecular weight is 265 g/mol. The highest BCUT2D eigenvalue weighted by atomic mass is 19.1. The number of hydrogen-bond acceptors (Lipinski definition) is 2. The number of hydrogen-bond donors (Lipinski definition) is 1. The molecule has 1 N–H and O–H groups in total. The van der Waals surface area contributed by atoms with Crippen LogP contribution in [0.3, 0.4) is 0 Å². The second-order valence-corrected chi connectivity index (χ2v) is 5.83. The Labute approximate surface area is 113 Å². The SMILES string of the molecule is CN(CC(C)(C)C)c1cc(F)cc(/C=C/C(=O)O)c1. The molecule has 0 spiro atoms. The largest absolute Gasteiger partial charge is 0.478 e. The molecule has 0 aromatic heterocycles. The van der Waals surface area contributed by atoms with Gasteiger partial charge in [0.1, 0.15) is 5.82 Å². The van der Waals surface area contributed by atoms with E-state index in [9.17, 15) is 9.18 Å². The molecule has 1 rings (SSSR count). The Hall–Kier alpha value is -1.84. The molecular weight excluding hydrogens is 245 g/mol. The molecule has 1 aromatic rings. The van der Waals surface area contributed by atoms with E-state index in [0.717, 1.165) is 18.3 Å². The molecular formula is C15H20FNO2. The quantitative estimate of drug-likeness (QED) is 0.848. The zero-order chi connectivity index (χ0) is 14.6. The van der Waals surface area contributed by atoms with Crippen LogP contribution in [-0.4, -0.2) is 24.7 Å². The molecule has 1 aromatic carbocycles. The van der Waals surface area contributed by atoms with Crippen LogP contribution in [-0.2, 0) is 4.79 Å². The zero-order valence-corrected chi connectivity index (χ0v) is 11.8. The van der Waals surface area contributed by atoms with Crippen molar-refractivity contribution in [3.8, 4) is 0 Å². The summed E-state index contributed by atoms with van der Waals surface area (Å²) < 4.78 is 13.5. The van der Waals surface area contributed by atoms with Crippen molar-refractivity contribution in [3.63, 3.8) is 0 Å². The van der Waals surface area contributed by atoms with Crippen molar-refractivity contribution in [2.45, 2.75) is 20.8 Å². The number of rotatable bonds is 4. The topological polar surface area (TPSA) is 40.5 Å². The van der Waals surface area contributed by atoms with Crippen LogP contribution in [0, 0.1) is 11.2 Å². The van der Waals surface area contributed by atoms with E-state index < -0.39 is 5.97 Å². The first-order valence-electron chi connectivity index (χ1n) is 6.10. The van der Waals surface area contributed by atoms with Crippen molar-refractivity contribution in [3.05, 3.63) is 35.7 Å². The number of carboxylic acid groups (broad SMARTS) is 1. The van der Waals surface area contributed by atoms with Crippen LogP contribution in [0.2, 0.25) is 0 Å². The van der Waals surface area contributed by atoms with Gasteiger partial charge in [-0.2, -0.15) is 0 Å². The van der Waals surface area contributed by atoms with Gasteiger partial charge in [0, 0.05) is 25.4 Å². The Balaban J connectivity index is 2.99. The minimum absolute atomic E-state index is 0.0954. The van der Waals surface area contributed by atoms with E-state index in [0.29, 0.717) is 5.56 Å². The van der Waals surface area contributed by atoms with Crippen molar-refractivity contribution < 1.29 is 14.3 Å². The summed E-state index contributed by atoms with van der Waals surface area (Å²) in [7, 11) is 1.89. The van der Waals surface area contributed by atoms with Gasteiger partial charge in [0.2, 0.25) is 0 Å². The van der Waals surface area contributed by atoms with Gasteiger partial charge < -0.3 is 10.0 Å². The van der Waals surface area contributed by atoms with E-state index >= 15 is 0 Å². The van der Waals surface area contributed by atoms with Crippen molar-refractivity contribution in [2.24, 2.45) is 5.41 Å². The minimum atomic E-state index is -1.05. The first-order valence-corrected chi connectivity index (χ1v) is 6.10. The third-order valence-corrected chi connectivity index (χ3v) is 2.48. The summed E-state index contributed by atoms with van der Waals surface area (Å²) in [5, 5.41) is 8.58. The zero-order valence-electron chi connectivity index (χ0n) is 11.8. The van der Waals surface area contributed by atoms with Crippen LogP contribution >= 0.6 is 0 Å². The summed E-state index contributed by atoms with van der Waals surface area (Å²) in [6.45, 7) is 7.09. The van der Waals surface area contributed by atoms with Crippen molar-refractivity contribution in [1.82, 2.24) is 0 Å². The predicted octanol–water partition coefficient (Wildman–Crippen LogP) is 3.41. The molecule has 0 aliphatic carbocycles. The molecule has 0 heterocycles. The Morgan fingerprint density at radius 3 is 2.53 bits per heavy atom. The standard InChI is InChI=1S/C15H20FNO2/c1-15(2,3)10-17(4)13-8-11(5-6-14(18)19)7-12(16)9-13/h5-9H,10H2,1-4H3,(H,18,19)/b6-5+. The number of nitrogens with zero attached hydrogens (tertiary/aromatic N) is 1. The van der Waals surface area contributed by atoms with Crippen LogP contribution in [0.1, 0.15) is 26.3 Å². The molecule has 0 bridgehead atoms. The number of carbonyl (C=O) groups is 1. The number of aliphatic carboxylic acids is 1. The molecule has 0 aliphatic heterocycles. The first-order chi connectivity index (χ1) is 8.67. The monoisotopic (exact) mass is 265 g/mol. The van der Waals surface area contributed by atoms with E-state index in [2.05, 4.69) is 20.8 Å². The van der Waals surface area contributed by atoms with Gasteiger partial charge in [-0.25, -0.2) is 9.18 Å². The number of halogens is 1. The second kappa shape index (κ2) is 5.87. The summed E-state index contributed by atoms with van der Waals surface area (Å²) in [6, 6.07) is 4.53. The van der Waals surface area contributed by atoms with Gasteiger partial charge in [-0.3, -0.25) is 0 Å². The highest BCUT2D eigenvalue weighted by Gasteiger charge is 2.14. The molecule has 19 heavy (non-hydrogen) atoms. The Morgan fingerprint density at radius 1 is 1.37 bits per heavy atom. The minimum Gasteiger partial charge on any atom is -0.478 e. The van der Waals surface area contributed by atoms with E-state index in [4.69, 9.17) is 5.11 Å². The van der Waals surface area contributed by atoms with Crippen LogP contribution in [0.25, 0.3) is 6.08 Å². The Kier molecular flexibility index (Phi) is 4.70. The first kappa shape index (κ1) is 15.2. The van der Waals surface area contributed by atoms with Crippen LogP contribution in [0.5, 0.6) is 0 Å². The molecule has 0 unspecified atom stereocenters. The van der Waals surface area contributed by atoms with Crippen LogP contribution in [0.15, 0.2) is 24.3 Å². The summed E-state index contributed by atoms with van der Waals surface area (Å²) in [5.41, 5.74) is 1.37. The van der Waals surface area contributed by atoms with Crippen LogP contribution < -0.4 is 4.90 Å². The van der Waals surface area contributed by atoms with E-state index in [1.807, 2.05) is 11.9 Å². The third-order valence-electron chi connectivity index (χ3n) is 2.48. The summed E-state index contributed by atoms with van der Waals surface area (Å²) >= 11 is 0. The van der Waals surface area contributed by atoms with E-state index in [-0.39, 0.29) is 11.2 Å². The Bertz CT molecular complexity index is 489. The molecule has 0 aliphatic rings. The third kappa shape index (κ3) is 5.55. The summed E-state index contributed by atoms with van der Waals surface area (Å²) in [5.74, 6) is -1.42. The lowest BCUT2D eigenvalue weighted by Gasteiger charge is -2.28. The molecule has 0 atom stereocenters. The maximum Gasteiger partial charge on any atom is 0.328 e. The predicted molar refractivity (Wildman–Crippen MR) is 75.8 cm³/mol. The fourth-order valence-electron chi connectivity index (χ4n) is 1.88. The van der Waals surface area contributed by atoms with Crippen LogP contribution in [0.4, 0.5) is 10.1 Å². The van der Waals surface area contributed by atoms with E-state index in [1.165, 1.54) is 18.2 Å².